The molecule has 0 atom stereocenters. The average Bonchev–Trinajstić information content (AvgIpc) is 2.46. The van der Waals surface area contributed by atoms with Crippen LogP contribution in [0.3, 0.4) is 0 Å². The predicted octanol–water partition coefficient (Wildman–Crippen LogP) is 2.78. The van der Waals surface area contributed by atoms with Crippen LogP contribution in [0.1, 0.15) is 43.6 Å². The highest BCUT2D eigenvalue weighted by molar-refractivity contribution is 5.92. The van der Waals surface area contributed by atoms with Crippen LogP contribution in [0.2, 0.25) is 0 Å². The lowest BCUT2D eigenvalue weighted by molar-refractivity contribution is 0.0718. The van der Waals surface area contributed by atoms with E-state index in [1.807, 2.05) is 17.0 Å². The largest absolute Gasteiger partial charge is 0.384 e. The van der Waals surface area contributed by atoms with Gasteiger partial charge in [-0.3, -0.25) is 4.79 Å². The number of amides is 1. The molecule has 2 heterocycles. The van der Waals surface area contributed by atoms with Crippen molar-refractivity contribution in [1.29, 1.82) is 0 Å². The van der Waals surface area contributed by atoms with E-state index in [4.69, 9.17) is 0 Å². The summed E-state index contributed by atoms with van der Waals surface area (Å²) < 4.78 is 0. The average molecular weight is 261 g/mol. The third kappa shape index (κ3) is 3.94. The number of nitrogens with zero attached hydrogens (tertiary/aromatic N) is 2. The fourth-order valence-corrected chi connectivity index (χ4v) is 2.21. The summed E-state index contributed by atoms with van der Waals surface area (Å²) in [6.45, 7) is 6.98. The highest BCUT2D eigenvalue weighted by Crippen LogP contribution is 2.13. The van der Waals surface area contributed by atoms with Gasteiger partial charge in [0.2, 0.25) is 0 Å². The number of aromatic nitrogens is 1. The first kappa shape index (κ1) is 13.8. The summed E-state index contributed by atoms with van der Waals surface area (Å²) in [5, 5.41) is 3.30. The lowest BCUT2D eigenvalue weighted by Gasteiger charge is -2.26. The monoisotopic (exact) mass is 261 g/mol. The van der Waals surface area contributed by atoms with Gasteiger partial charge in [0.1, 0.15) is 5.69 Å². The molecular formula is C15H23N3O. The molecule has 0 radical (unpaired) electrons. The summed E-state index contributed by atoms with van der Waals surface area (Å²) in [6, 6.07) is 3.76. The third-order valence-corrected chi connectivity index (χ3v) is 3.34. The second kappa shape index (κ2) is 6.55. The Balaban J connectivity index is 1.95. The first-order valence-electron chi connectivity index (χ1n) is 7.16. The Labute approximate surface area is 115 Å². The van der Waals surface area contributed by atoms with E-state index in [9.17, 15) is 4.79 Å². The van der Waals surface area contributed by atoms with Crippen LogP contribution in [0, 0.1) is 5.92 Å². The number of hydrogen-bond acceptors (Lipinski definition) is 3. The molecule has 0 aromatic carbocycles. The molecule has 104 valence electrons. The van der Waals surface area contributed by atoms with Gasteiger partial charge in [-0.1, -0.05) is 13.8 Å². The van der Waals surface area contributed by atoms with Crippen LogP contribution in [-0.2, 0) is 0 Å². The van der Waals surface area contributed by atoms with Gasteiger partial charge in [-0.2, -0.15) is 0 Å². The molecule has 4 heteroatoms. The number of likely N-dealkylation sites (tertiary alicyclic amines) is 1. The molecule has 1 aromatic heterocycles. The van der Waals surface area contributed by atoms with Crippen LogP contribution in [0.4, 0.5) is 5.69 Å². The molecule has 2 rings (SSSR count). The number of rotatable bonds is 4. The van der Waals surface area contributed by atoms with Crippen molar-refractivity contribution >= 4 is 11.6 Å². The van der Waals surface area contributed by atoms with Crippen molar-refractivity contribution in [3.63, 3.8) is 0 Å². The summed E-state index contributed by atoms with van der Waals surface area (Å²) in [5.41, 5.74) is 1.53. The van der Waals surface area contributed by atoms with Crippen molar-refractivity contribution in [2.24, 2.45) is 5.92 Å². The van der Waals surface area contributed by atoms with Gasteiger partial charge in [0, 0.05) is 19.6 Å². The molecule has 1 fully saturated rings. The van der Waals surface area contributed by atoms with Gasteiger partial charge in [-0.25, -0.2) is 4.98 Å². The second-order valence-electron chi connectivity index (χ2n) is 5.56. The zero-order chi connectivity index (χ0) is 13.7. The molecule has 0 bridgehead atoms. The first-order chi connectivity index (χ1) is 9.16. The molecule has 1 saturated heterocycles. The number of anilines is 1. The lowest BCUT2D eigenvalue weighted by Crippen LogP contribution is -2.36. The number of carbonyl (C=O) groups is 1. The van der Waals surface area contributed by atoms with Crippen LogP contribution in [0.25, 0.3) is 0 Å². The summed E-state index contributed by atoms with van der Waals surface area (Å²) in [7, 11) is 0. The fourth-order valence-electron chi connectivity index (χ4n) is 2.21. The van der Waals surface area contributed by atoms with Crippen molar-refractivity contribution in [3.8, 4) is 0 Å². The van der Waals surface area contributed by atoms with Crippen molar-refractivity contribution in [2.45, 2.75) is 33.1 Å². The normalized spacial score (nSPS) is 15.6. The van der Waals surface area contributed by atoms with Crippen molar-refractivity contribution in [2.75, 3.05) is 25.0 Å². The number of pyridine rings is 1. The van der Waals surface area contributed by atoms with Crippen molar-refractivity contribution < 1.29 is 4.79 Å². The highest BCUT2D eigenvalue weighted by Gasteiger charge is 2.18. The first-order valence-corrected chi connectivity index (χ1v) is 7.16. The molecule has 0 aliphatic carbocycles. The molecule has 1 aromatic rings. The number of piperidine rings is 1. The Morgan fingerprint density at radius 3 is 2.63 bits per heavy atom. The Hall–Kier alpha value is -1.58. The van der Waals surface area contributed by atoms with E-state index in [0.29, 0.717) is 11.6 Å². The minimum absolute atomic E-state index is 0.0649. The van der Waals surface area contributed by atoms with E-state index in [1.54, 1.807) is 6.20 Å². The zero-order valence-corrected chi connectivity index (χ0v) is 11.9. The standard InChI is InChI=1S/C15H23N3O/c1-12(2)10-16-13-6-7-14(17-11-13)15(19)18-8-4-3-5-9-18/h6-7,11-12,16H,3-5,8-10H2,1-2H3. The molecule has 4 nitrogen and oxygen atoms in total. The summed E-state index contributed by atoms with van der Waals surface area (Å²) in [6.07, 6.45) is 5.20. The minimum Gasteiger partial charge on any atom is -0.384 e. The van der Waals surface area contributed by atoms with E-state index in [0.717, 1.165) is 38.2 Å². The molecule has 19 heavy (non-hydrogen) atoms. The second-order valence-corrected chi connectivity index (χ2v) is 5.56. The van der Waals surface area contributed by atoms with Gasteiger partial charge in [0.05, 0.1) is 11.9 Å². The SMILES string of the molecule is CC(C)CNc1ccc(C(=O)N2CCCCC2)nc1. The van der Waals surface area contributed by atoms with E-state index in [2.05, 4.69) is 24.1 Å². The predicted molar refractivity (Wildman–Crippen MR) is 77.3 cm³/mol. The van der Waals surface area contributed by atoms with Crippen LogP contribution in [0.15, 0.2) is 18.3 Å². The molecule has 1 aliphatic heterocycles. The third-order valence-electron chi connectivity index (χ3n) is 3.34. The fraction of sp³-hybridized carbons (Fsp3) is 0.600. The number of hydrogen-bond donors (Lipinski definition) is 1. The lowest BCUT2D eigenvalue weighted by atomic mass is 10.1. The topological polar surface area (TPSA) is 45.2 Å². The van der Waals surface area contributed by atoms with Crippen LogP contribution < -0.4 is 5.32 Å². The maximum absolute atomic E-state index is 12.2. The van der Waals surface area contributed by atoms with Gasteiger partial charge in [0.25, 0.3) is 5.91 Å². The molecule has 1 amide bonds. The maximum Gasteiger partial charge on any atom is 0.272 e. The molecule has 1 N–H and O–H groups in total. The van der Waals surface area contributed by atoms with Gasteiger partial charge < -0.3 is 10.2 Å². The maximum atomic E-state index is 12.2. The molecule has 0 unspecified atom stereocenters. The van der Waals surface area contributed by atoms with Gasteiger partial charge in [-0.15, -0.1) is 0 Å². The Morgan fingerprint density at radius 2 is 2.05 bits per heavy atom. The smallest absolute Gasteiger partial charge is 0.272 e. The zero-order valence-electron chi connectivity index (χ0n) is 11.9. The molecule has 0 saturated carbocycles. The highest BCUT2D eigenvalue weighted by atomic mass is 16.2. The Kier molecular flexibility index (Phi) is 4.77. The van der Waals surface area contributed by atoms with Crippen molar-refractivity contribution in [3.05, 3.63) is 24.0 Å². The van der Waals surface area contributed by atoms with E-state index in [1.165, 1.54) is 6.42 Å². The van der Waals surface area contributed by atoms with Gasteiger partial charge >= 0.3 is 0 Å². The molecule has 1 aliphatic rings. The van der Waals surface area contributed by atoms with Crippen LogP contribution in [-0.4, -0.2) is 35.4 Å². The van der Waals surface area contributed by atoms with Crippen LogP contribution in [0.5, 0.6) is 0 Å². The van der Waals surface area contributed by atoms with E-state index in [-0.39, 0.29) is 5.91 Å². The Bertz CT molecular complexity index is 408. The summed E-state index contributed by atoms with van der Waals surface area (Å²) >= 11 is 0. The van der Waals surface area contributed by atoms with Gasteiger partial charge in [0.15, 0.2) is 0 Å². The molecular weight excluding hydrogens is 238 g/mol. The van der Waals surface area contributed by atoms with Crippen molar-refractivity contribution in [1.82, 2.24) is 9.88 Å². The number of carbonyl (C=O) groups excluding carboxylic acids is 1. The quantitative estimate of drug-likeness (QED) is 0.906. The van der Waals surface area contributed by atoms with E-state index < -0.39 is 0 Å². The number of nitrogens with one attached hydrogen (secondary N) is 1. The summed E-state index contributed by atoms with van der Waals surface area (Å²) in [4.78, 5) is 18.4. The summed E-state index contributed by atoms with van der Waals surface area (Å²) in [5.74, 6) is 0.657. The Morgan fingerprint density at radius 1 is 1.32 bits per heavy atom. The van der Waals surface area contributed by atoms with Crippen LogP contribution >= 0.6 is 0 Å². The minimum atomic E-state index is 0.0649. The van der Waals surface area contributed by atoms with Gasteiger partial charge in [-0.05, 0) is 37.3 Å². The molecule has 0 spiro atoms. The van der Waals surface area contributed by atoms with E-state index >= 15 is 0 Å².